The molecule has 5 heteroatoms. The number of aromatic nitrogens is 1. The Balaban J connectivity index is 2.05. The van der Waals surface area contributed by atoms with Crippen molar-refractivity contribution in [2.45, 2.75) is 38.4 Å². The number of alkyl halides is 2. The van der Waals surface area contributed by atoms with Crippen molar-refractivity contribution in [2.75, 3.05) is 0 Å². The molecule has 1 aromatic heterocycles. The van der Waals surface area contributed by atoms with Crippen LogP contribution in [0, 0.1) is 0 Å². The average Bonchev–Trinajstić information content (AvgIpc) is 2.46. The molecule has 1 aromatic carbocycles. The quantitative estimate of drug-likeness (QED) is 0.843. The molecule has 3 rings (SSSR count). The van der Waals surface area contributed by atoms with E-state index in [1.165, 1.54) is 6.07 Å². The first kappa shape index (κ1) is 14.8. The van der Waals surface area contributed by atoms with E-state index in [9.17, 15) is 8.78 Å². The van der Waals surface area contributed by atoms with E-state index in [-0.39, 0.29) is 17.3 Å². The highest BCUT2D eigenvalue weighted by molar-refractivity contribution is 5.47. The summed E-state index contributed by atoms with van der Waals surface area (Å²) in [5.74, 6) is 0.813. The lowest BCUT2D eigenvalue weighted by Crippen LogP contribution is -2.35. The van der Waals surface area contributed by atoms with Gasteiger partial charge in [-0.3, -0.25) is 4.98 Å². The molecule has 1 unspecified atom stereocenters. The Morgan fingerprint density at radius 3 is 2.77 bits per heavy atom. The van der Waals surface area contributed by atoms with Gasteiger partial charge in [-0.15, -0.1) is 0 Å². The highest BCUT2D eigenvalue weighted by Crippen LogP contribution is 2.44. The van der Waals surface area contributed by atoms with Gasteiger partial charge in [-0.2, -0.15) is 8.78 Å². The third-order valence-electron chi connectivity index (χ3n) is 3.71. The second-order valence-corrected chi connectivity index (χ2v) is 5.95. The van der Waals surface area contributed by atoms with Crippen molar-refractivity contribution in [3.05, 3.63) is 53.9 Å². The molecule has 22 heavy (non-hydrogen) atoms. The maximum Gasteiger partial charge on any atom is 0.387 e. The molecule has 1 aliphatic rings. The van der Waals surface area contributed by atoms with E-state index in [1.54, 1.807) is 18.3 Å². The third-order valence-corrected chi connectivity index (χ3v) is 3.71. The van der Waals surface area contributed by atoms with Crippen molar-refractivity contribution in [3.8, 4) is 11.5 Å². The first-order valence-corrected chi connectivity index (χ1v) is 7.13. The molecule has 116 valence electrons. The minimum Gasteiger partial charge on any atom is -0.488 e. The van der Waals surface area contributed by atoms with Crippen molar-refractivity contribution >= 4 is 0 Å². The van der Waals surface area contributed by atoms with Gasteiger partial charge in [0, 0.05) is 23.4 Å². The molecule has 0 radical (unpaired) electrons. The lowest BCUT2D eigenvalue weighted by molar-refractivity contribution is -0.0500. The molecule has 0 saturated heterocycles. The van der Waals surface area contributed by atoms with E-state index in [4.69, 9.17) is 4.74 Å². The molecule has 2 aromatic rings. The van der Waals surface area contributed by atoms with Crippen LogP contribution in [-0.4, -0.2) is 17.2 Å². The van der Waals surface area contributed by atoms with Gasteiger partial charge >= 0.3 is 6.61 Å². The molecule has 0 bridgehead atoms. The second kappa shape index (κ2) is 5.55. The number of halogens is 2. The van der Waals surface area contributed by atoms with E-state index in [2.05, 4.69) is 9.72 Å². The van der Waals surface area contributed by atoms with Crippen LogP contribution in [0.3, 0.4) is 0 Å². The zero-order chi connectivity index (χ0) is 15.7. The van der Waals surface area contributed by atoms with Crippen LogP contribution in [0.5, 0.6) is 11.5 Å². The second-order valence-electron chi connectivity index (χ2n) is 5.95. The fourth-order valence-electron chi connectivity index (χ4n) is 2.85. The number of hydrogen-bond donors (Lipinski definition) is 0. The summed E-state index contributed by atoms with van der Waals surface area (Å²) in [5, 5.41) is 0. The van der Waals surface area contributed by atoms with Crippen LogP contribution in [0.25, 0.3) is 0 Å². The molecule has 0 saturated carbocycles. The predicted molar refractivity (Wildman–Crippen MR) is 78.5 cm³/mol. The van der Waals surface area contributed by atoms with Crippen molar-refractivity contribution in [1.82, 2.24) is 4.98 Å². The minimum absolute atomic E-state index is 0.0128. The van der Waals surface area contributed by atoms with Gasteiger partial charge in [0.1, 0.15) is 17.1 Å². The maximum atomic E-state index is 12.4. The Kier molecular flexibility index (Phi) is 3.72. The smallest absolute Gasteiger partial charge is 0.387 e. The van der Waals surface area contributed by atoms with Gasteiger partial charge in [0.15, 0.2) is 0 Å². The summed E-state index contributed by atoms with van der Waals surface area (Å²) in [6.45, 7) is 1.18. The largest absolute Gasteiger partial charge is 0.488 e. The molecule has 0 N–H and O–H groups in total. The molecule has 2 heterocycles. The Morgan fingerprint density at radius 1 is 1.27 bits per heavy atom. The summed E-state index contributed by atoms with van der Waals surface area (Å²) in [6, 6.07) is 10.5. The predicted octanol–water partition coefficient (Wildman–Crippen LogP) is 4.38. The van der Waals surface area contributed by atoms with Gasteiger partial charge in [-0.05, 0) is 50.6 Å². The highest BCUT2D eigenvalue weighted by Gasteiger charge is 2.35. The topological polar surface area (TPSA) is 31.4 Å². The minimum atomic E-state index is -2.84. The summed E-state index contributed by atoms with van der Waals surface area (Å²) in [5.41, 5.74) is 1.38. The van der Waals surface area contributed by atoms with Crippen LogP contribution in [0.2, 0.25) is 0 Å². The lowest BCUT2D eigenvalue weighted by Gasteiger charge is -2.37. The molecular formula is C17H17F2NO2. The number of benzene rings is 1. The van der Waals surface area contributed by atoms with Crippen molar-refractivity contribution in [2.24, 2.45) is 0 Å². The Labute approximate surface area is 127 Å². The molecule has 0 fully saturated rings. The highest BCUT2D eigenvalue weighted by atomic mass is 19.3. The lowest BCUT2D eigenvalue weighted by atomic mass is 9.82. The first-order chi connectivity index (χ1) is 10.4. The van der Waals surface area contributed by atoms with Gasteiger partial charge in [0.2, 0.25) is 0 Å². The monoisotopic (exact) mass is 305 g/mol. The Morgan fingerprint density at radius 2 is 2.09 bits per heavy atom. The third kappa shape index (κ3) is 3.03. The summed E-state index contributed by atoms with van der Waals surface area (Å²) in [6.07, 6.45) is 2.45. The van der Waals surface area contributed by atoms with Crippen LogP contribution in [0.15, 0.2) is 42.6 Å². The maximum absolute atomic E-state index is 12.4. The van der Waals surface area contributed by atoms with Gasteiger partial charge in [-0.1, -0.05) is 6.07 Å². The fraction of sp³-hybridized carbons (Fsp3) is 0.353. The fourth-order valence-corrected chi connectivity index (χ4v) is 2.85. The SMILES string of the molecule is CC1(C)CC(c2ccccn2)c2cc(OC(F)F)ccc2O1. The normalized spacial score (nSPS) is 19.4. The number of hydrogen-bond acceptors (Lipinski definition) is 3. The number of fused-ring (bicyclic) bond motifs is 1. The molecule has 1 atom stereocenters. The van der Waals surface area contributed by atoms with E-state index in [1.807, 2.05) is 32.0 Å². The molecular weight excluding hydrogens is 288 g/mol. The average molecular weight is 305 g/mol. The standard InChI is InChI=1S/C17H17F2NO2/c1-17(2)10-13(14-5-3-4-8-20-14)12-9-11(21-16(18)19)6-7-15(12)22-17/h3-9,13,16H,10H2,1-2H3. The number of pyridine rings is 1. The van der Waals surface area contributed by atoms with Crippen LogP contribution in [0.1, 0.15) is 37.4 Å². The van der Waals surface area contributed by atoms with E-state index >= 15 is 0 Å². The Bertz CT molecular complexity index is 659. The van der Waals surface area contributed by atoms with Crippen LogP contribution in [-0.2, 0) is 0 Å². The van der Waals surface area contributed by atoms with Crippen LogP contribution >= 0.6 is 0 Å². The molecule has 1 aliphatic heterocycles. The van der Waals surface area contributed by atoms with E-state index < -0.39 is 6.61 Å². The van der Waals surface area contributed by atoms with Gasteiger partial charge in [-0.25, -0.2) is 0 Å². The molecule has 0 amide bonds. The summed E-state index contributed by atoms with van der Waals surface area (Å²) >= 11 is 0. The van der Waals surface area contributed by atoms with E-state index in [0.717, 1.165) is 17.7 Å². The molecule has 3 nitrogen and oxygen atoms in total. The van der Waals surface area contributed by atoms with Crippen molar-refractivity contribution in [3.63, 3.8) is 0 Å². The summed E-state index contributed by atoms with van der Waals surface area (Å²) in [4.78, 5) is 4.41. The number of rotatable bonds is 3. The van der Waals surface area contributed by atoms with Gasteiger partial charge in [0.05, 0.1) is 0 Å². The number of ether oxygens (including phenoxy) is 2. The van der Waals surface area contributed by atoms with Gasteiger partial charge < -0.3 is 9.47 Å². The van der Waals surface area contributed by atoms with Crippen LogP contribution in [0.4, 0.5) is 8.78 Å². The zero-order valence-corrected chi connectivity index (χ0v) is 12.4. The van der Waals surface area contributed by atoms with Crippen molar-refractivity contribution < 1.29 is 18.3 Å². The summed E-state index contributed by atoms with van der Waals surface area (Å²) in [7, 11) is 0. The summed E-state index contributed by atoms with van der Waals surface area (Å²) < 4.78 is 35.3. The molecule has 0 aliphatic carbocycles. The van der Waals surface area contributed by atoms with Crippen LogP contribution < -0.4 is 9.47 Å². The Hall–Kier alpha value is -2.17. The number of nitrogens with zero attached hydrogens (tertiary/aromatic N) is 1. The first-order valence-electron chi connectivity index (χ1n) is 7.13. The zero-order valence-electron chi connectivity index (χ0n) is 12.4. The molecule has 0 spiro atoms. The van der Waals surface area contributed by atoms with E-state index in [0.29, 0.717) is 5.75 Å². The van der Waals surface area contributed by atoms with Crippen molar-refractivity contribution in [1.29, 1.82) is 0 Å². The van der Waals surface area contributed by atoms with Gasteiger partial charge in [0.25, 0.3) is 0 Å².